The summed E-state index contributed by atoms with van der Waals surface area (Å²) in [5.41, 5.74) is 1.11. The van der Waals surface area contributed by atoms with Gasteiger partial charge >= 0.3 is 0 Å². The summed E-state index contributed by atoms with van der Waals surface area (Å²) in [7, 11) is -0.798. The number of sulfonamides is 1. The minimum atomic E-state index is -3.66. The van der Waals surface area contributed by atoms with Crippen LogP contribution in [0.1, 0.15) is 28.8 Å². The molecular formula is C21H25N3O4S. The average molecular weight is 416 g/mol. The summed E-state index contributed by atoms with van der Waals surface area (Å²) in [6.45, 7) is 0. The van der Waals surface area contributed by atoms with Gasteiger partial charge in [0.15, 0.2) is 0 Å². The van der Waals surface area contributed by atoms with E-state index in [-0.39, 0.29) is 22.4 Å². The third kappa shape index (κ3) is 5.42. The highest BCUT2D eigenvalue weighted by Gasteiger charge is 2.29. The normalized spacial score (nSPS) is 15.0. The second kappa shape index (κ2) is 8.75. The van der Waals surface area contributed by atoms with Crippen molar-refractivity contribution in [1.82, 2.24) is 14.9 Å². The molecule has 2 aromatic rings. The fourth-order valence-electron chi connectivity index (χ4n) is 2.84. The number of carbonyl (C=O) groups excluding carboxylic acids is 2. The van der Waals surface area contributed by atoms with Crippen molar-refractivity contribution in [1.29, 1.82) is 0 Å². The van der Waals surface area contributed by atoms with E-state index < -0.39 is 22.0 Å². The first-order chi connectivity index (χ1) is 13.8. The molecule has 1 saturated carbocycles. The minimum absolute atomic E-state index is 0.0252. The molecule has 0 aliphatic heterocycles. The van der Waals surface area contributed by atoms with E-state index in [2.05, 4.69) is 10.6 Å². The Kier molecular flexibility index (Phi) is 6.34. The lowest BCUT2D eigenvalue weighted by Gasteiger charge is -2.19. The van der Waals surface area contributed by atoms with Crippen molar-refractivity contribution in [2.24, 2.45) is 0 Å². The van der Waals surface area contributed by atoms with Gasteiger partial charge in [0.1, 0.15) is 6.04 Å². The van der Waals surface area contributed by atoms with E-state index in [1.165, 1.54) is 38.4 Å². The highest BCUT2D eigenvalue weighted by molar-refractivity contribution is 7.89. The first-order valence-corrected chi connectivity index (χ1v) is 10.9. The van der Waals surface area contributed by atoms with Crippen LogP contribution >= 0.6 is 0 Å². The molecule has 1 atom stereocenters. The largest absolute Gasteiger partial charge is 0.352 e. The maximum absolute atomic E-state index is 12.8. The molecule has 3 rings (SSSR count). The van der Waals surface area contributed by atoms with Gasteiger partial charge in [-0.2, -0.15) is 0 Å². The van der Waals surface area contributed by atoms with Crippen LogP contribution in [0.2, 0.25) is 0 Å². The molecule has 1 fully saturated rings. The molecule has 2 amide bonds. The van der Waals surface area contributed by atoms with Gasteiger partial charge in [-0.3, -0.25) is 9.59 Å². The number of benzene rings is 2. The van der Waals surface area contributed by atoms with Crippen LogP contribution in [0.3, 0.4) is 0 Å². The maximum atomic E-state index is 12.8. The fourth-order valence-corrected chi connectivity index (χ4v) is 3.79. The van der Waals surface area contributed by atoms with Gasteiger partial charge in [0, 0.05) is 32.1 Å². The van der Waals surface area contributed by atoms with Crippen molar-refractivity contribution in [3.8, 4) is 0 Å². The molecule has 0 bridgehead atoms. The number of nitrogens with one attached hydrogen (secondary N) is 2. The molecule has 7 nitrogen and oxygen atoms in total. The Balaban J connectivity index is 1.79. The molecule has 1 unspecified atom stereocenters. The van der Waals surface area contributed by atoms with Gasteiger partial charge in [0.25, 0.3) is 5.91 Å². The second-order valence-electron chi connectivity index (χ2n) is 7.31. The Morgan fingerprint density at radius 1 is 1.07 bits per heavy atom. The molecule has 2 aromatic carbocycles. The molecule has 29 heavy (non-hydrogen) atoms. The van der Waals surface area contributed by atoms with E-state index in [4.69, 9.17) is 0 Å². The first-order valence-electron chi connectivity index (χ1n) is 9.45. The van der Waals surface area contributed by atoms with E-state index >= 15 is 0 Å². The van der Waals surface area contributed by atoms with Gasteiger partial charge in [-0.15, -0.1) is 0 Å². The molecule has 0 saturated heterocycles. The summed E-state index contributed by atoms with van der Waals surface area (Å²) in [6, 6.07) is 14.7. The summed E-state index contributed by atoms with van der Waals surface area (Å²) in [5, 5.41) is 5.69. The molecule has 1 aliphatic rings. The molecule has 1 aliphatic carbocycles. The van der Waals surface area contributed by atoms with Gasteiger partial charge < -0.3 is 10.6 Å². The van der Waals surface area contributed by atoms with Crippen LogP contribution in [0, 0.1) is 0 Å². The Morgan fingerprint density at radius 3 is 2.38 bits per heavy atom. The lowest BCUT2D eigenvalue weighted by atomic mass is 10.0. The van der Waals surface area contributed by atoms with Crippen molar-refractivity contribution in [2.75, 3.05) is 14.1 Å². The zero-order chi connectivity index (χ0) is 21.0. The van der Waals surface area contributed by atoms with Crippen molar-refractivity contribution >= 4 is 21.8 Å². The van der Waals surface area contributed by atoms with Crippen LogP contribution < -0.4 is 10.6 Å². The van der Waals surface area contributed by atoms with Crippen molar-refractivity contribution < 1.29 is 18.0 Å². The monoisotopic (exact) mass is 415 g/mol. The average Bonchev–Trinajstić information content (AvgIpc) is 3.52. The third-order valence-corrected chi connectivity index (χ3v) is 6.51. The standard InChI is InChI=1S/C21H25N3O4S/c1-24(2)29(27,28)18-10-6-9-16(14-18)20(25)23-19(21(26)22-17-11-12-17)13-15-7-4-3-5-8-15/h3-10,14,17,19H,11-13H2,1-2H3,(H,22,26)(H,23,25). The molecular weight excluding hydrogens is 390 g/mol. The topological polar surface area (TPSA) is 95.6 Å². The Bertz CT molecular complexity index is 986. The highest BCUT2D eigenvalue weighted by Crippen LogP contribution is 2.19. The van der Waals surface area contributed by atoms with Crippen LogP contribution in [0.25, 0.3) is 0 Å². The summed E-state index contributed by atoms with van der Waals surface area (Å²) in [6.07, 6.45) is 2.24. The minimum Gasteiger partial charge on any atom is -0.352 e. The van der Waals surface area contributed by atoms with Crippen molar-refractivity contribution in [3.05, 3.63) is 65.7 Å². The van der Waals surface area contributed by atoms with E-state index in [9.17, 15) is 18.0 Å². The first kappa shape index (κ1) is 21.0. The van der Waals surface area contributed by atoms with Crippen LogP contribution in [0.4, 0.5) is 0 Å². The van der Waals surface area contributed by atoms with Crippen LogP contribution in [-0.4, -0.2) is 50.7 Å². The van der Waals surface area contributed by atoms with Crippen LogP contribution in [-0.2, 0) is 21.2 Å². The van der Waals surface area contributed by atoms with Gasteiger partial charge in [-0.05, 0) is 36.6 Å². The smallest absolute Gasteiger partial charge is 0.251 e. The van der Waals surface area contributed by atoms with Gasteiger partial charge in [-0.1, -0.05) is 36.4 Å². The molecule has 0 aromatic heterocycles. The zero-order valence-electron chi connectivity index (χ0n) is 16.5. The van der Waals surface area contributed by atoms with E-state index in [0.717, 1.165) is 22.7 Å². The van der Waals surface area contributed by atoms with Gasteiger partial charge in [0.05, 0.1) is 4.90 Å². The van der Waals surface area contributed by atoms with E-state index in [1.54, 1.807) is 0 Å². The molecule has 0 heterocycles. The summed E-state index contributed by atoms with van der Waals surface area (Å²) in [4.78, 5) is 25.5. The summed E-state index contributed by atoms with van der Waals surface area (Å²) in [5.74, 6) is -0.727. The van der Waals surface area contributed by atoms with Crippen LogP contribution in [0.15, 0.2) is 59.5 Å². The van der Waals surface area contributed by atoms with E-state index in [0.29, 0.717) is 6.42 Å². The predicted molar refractivity (Wildman–Crippen MR) is 110 cm³/mol. The zero-order valence-corrected chi connectivity index (χ0v) is 17.3. The number of hydrogen-bond donors (Lipinski definition) is 2. The number of nitrogens with zero attached hydrogens (tertiary/aromatic N) is 1. The van der Waals surface area contributed by atoms with Crippen molar-refractivity contribution in [2.45, 2.75) is 36.2 Å². The predicted octanol–water partition coefficient (Wildman–Crippen LogP) is 1.56. The van der Waals surface area contributed by atoms with Crippen molar-refractivity contribution in [3.63, 3.8) is 0 Å². The molecule has 0 radical (unpaired) electrons. The Hall–Kier alpha value is -2.71. The number of amides is 2. The number of rotatable bonds is 8. The summed E-state index contributed by atoms with van der Waals surface area (Å²) >= 11 is 0. The fraction of sp³-hybridized carbons (Fsp3) is 0.333. The quantitative estimate of drug-likeness (QED) is 0.684. The number of hydrogen-bond acceptors (Lipinski definition) is 4. The lowest BCUT2D eigenvalue weighted by molar-refractivity contribution is -0.123. The lowest BCUT2D eigenvalue weighted by Crippen LogP contribution is -2.48. The van der Waals surface area contributed by atoms with Crippen LogP contribution in [0.5, 0.6) is 0 Å². The third-order valence-electron chi connectivity index (χ3n) is 4.70. The summed E-state index contributed by atoms with van der Waals surface area (Å²) < 4.78 is 25.8. The Labute approximate surface area is 171 Å². The molecule has 0 spiro atoms. The maximum Gasteiger partial charge on any atom is 0.251 e. The second-order valence-corrected chi connectivity index (χ2v) is 9.47. The van der Waals surface area contributed by atoms with Gasteiger partial charge in [0.2, 0.25) is 15.9 Å². The number of carbonyl (C=O) groups is 2. The Morgan fingerprint density at radius 2 is 1.76 bits per heavy atom. The molecule has 2 N–H and O–H groups in total. The molecule has 154 valence electrons. The highest BCUT2D eigenvalue weighted by atomic mass is 32.2. The SMILES string of the molecule is CN(C)S(=O)(=O)c1cccc(C(=O)NC(Cc2ccccc2)C(=O)NC2CC2)c1. The molecule has 8 heteroatoms. The van der Waals surface area contributed by atoms with Gasteiger partial charge in [-0.25, -0.2) is 12.7 Å². The van der Waals surface area contributed by atoms with E-state index in [1.807, 2.05) is 30.3 Å².